The number of ether oxygens (including phenoxy) is 1. The van der Waals surface area contributed by atoms with Crippen LogP contribution < -0.4 is 4.74 Å². The van der Waals surface area contributed by atoms with E-state index in [0.29, 0.717) is 0 Å². The van der Waals surface area contributed by atoms with E-state index >= 15 is 0 Å². The number of sulfone groups is 1. The maximum absolute atomic E-state index is 11.8. The van der Waals surface area contributed by atoms with E-state index < -0.39 is 27.3 Å². The molecule has 0 saturated heterocycles. The Kier molecular flexibility index (Phi) is 5.33. The molecule has 6 nitrogen and oxygen atoms in total. The summed E-state index contributed by atoms with van der Waals surface area (Å²) in [5.41, 5.74) is -0.619. The van der Waals surface area contributed by atoms with Gasteiger partial charge in [0.2, 0.25) is 9.84 Å². The molecule has 0 saturated carbocycles. The van der Waals surface area contributed by atoms with Crippen LogP contribution in [-0.2, 0) is 14.6 Å². The van der Waals surface area contributed by atoms with Crippen molar-refractivity contribution in [3.63, 3.8) is 0 Å². The highest BCUT2D eigenvalue weighted by Gasteiger charge is 2.33. The summed E-state index contributed by atoms with van der Waals surface area (Å²) in [6, 6.07) is 6.98. The minimum atomic E-state index is -3.69. The molecule has 0 radical (unpaired) electrons. The Morgan fingerprint density at radius 3 is 2.27 bits per heavy atom. The van der Waals surface area contributed by atoms with Gasteiger partial charge in [-0.3, -0.25) is 0 Å². The molecule has 7 heteroatoms. The summed E-state index contributed by atoms with van der Waals surface area (Å²) in [5, 5.41) is 18.4. The second-order valence-corrected chi connectivity index (χ2v) is 7.48. The van der Waals surface area contributed by atoms with Gasteiger partial charge in [-0.05, 0) is 24.3 Å². The molecule has 22 heavy (non-hydrogen) atoms. The average molecular weight is 323 g/mol. The van der Waals surface area contributed by atoms with Crippen LogP contribution in [0.2, 0.25) is 0 Å². The zero-order valence-corrected chi connectivity index (χ0v) is 13.3. The van der Waals surface area contributed by atoms with E-state index in [4.69, 9.17) is 10.00 Å². The van der Waals surface area contributed by atoms with E-state index in [-0.39, 0.29) is 10.6 Å². The van der Waals surface area contributed by atoms with Crippen LogP contribution in [-0.4, -0.2) is 25.6 Å². The highest BCUT2D eigenvalue weighted by atomic mass is 32.2. The molecule has 1 rings (SSSR count). The molecule has 1 aromatic carbocycles. The van der Waals surface area contributed by atoms with Crippen LogP contribution in [0.5, 0.6) is 5.75 Å². The first-order chi connectivity index (χ1) is 10.1. The lowest BCUT2D eigenvalue weighted by atomic mass is 9.89. The molecule has 0 aromatic heterocycles. The Morgan fingerprint density at radius 1 is 1.32 bits per heavy atom. The summed E-state index contributed by atoms with van der Waals surface area (Å²) < 4.78 is 29.1. The lowest BCUT2D eigenvalue weighted by Gasteiger charge is -2.27. The van der Waals surface area contributed by atoms with Crippen molar-refractivity contribution in [1.82, 2.24) is 0 Å². The van der Waals surface area contributed by atoms with Gasteiger partial charge in [0.05, 0.1) is 11.0 Å². The van der Waals surface area contributed by atoms with Gasteiger partial charge in [0, 0.05) is 16.9 Å². The van der Waals surface area contributed by atoms with Crippen LogP contribution >= 0.6 is 0 Å². The molecular formula is C15H17NO5S. The van der Waals surface area contributed by atoms with E-state index in [2.05, 4.69) is 0 Å². The number of carbonyl (C=O) groups is 1. The number of rotatable bonds is 5. The smallest absolute Gasteiger partial charge is 0.345 e. The number of hydrogen-bond donors (Lipinski definition) is 1. The third kappa shape index (κ3) is 4.60. The Hall–Kier alpha value is -2.33. The number of carboxylic acid groups (broad SMARTS) is 1. The molecule has 0 amide bonds. The van der Waals surface area contributed by atoms with Gasteiger partial charge in [0.25, 0.3) is 0 Å². The number of nitrogens with zero attached hydrogens (tertiary/aromatic N) is 1. The number of allylic oxidation sites excluding steroid dienone is 1. The Bertz CT molecular complexity index is 706. The van der Waals surface area contributed by atoms with Crippen LogP contribution in [0.25, 0.3) is 0 Å². The molecule has 118 valence electrons. The lowest BCUT2D eigenvalue weighted by molar-refractivity contribution is -0.150. The number of benzene rings is 1. The molecule has 0 fully saturated rings. The van der Waals surface area contributed by atoms with Gasteiger partial charge < -0.3 is 9.84 Å². The molecule has 1 N–H and O–H groups in total. The maximum Gasteiger partial charge on any atom is 0.345 e. The standard InChI is InChI=1S/C15H17NO5S/c1-15(2,3)13(14(17)18)21-11-5-7-12(8-6-11)22(19,20)10-4-9-16/h4-8,10,13H,1-3H3,(H,17,18). The van der Waals surface area contributed by atoms with E-state index in [9.17, 15) is 18.3 Å². The Morgan fingerprint density at radius 2 is 1.86 bits per heavy atom. The zero-order chi connectivity index (χ0) is 17.0. The summed E-state index contributed by atoms with van der Waals surface area (Å²) >= 11 is 0. The molecule has 1 atom stereocenters. The van der Waals surface area contributed by atoms with Crippen LogP contribution in [0, 0.1) is 16.7 Å². The summed E-state index contributed by atoms with van der Waals surface area (Å²) in [6.07, 6.45) is -0.187. The lowest BCUT2D eigenvalue weighted by Crippen LogP contribution is -2.39. The fourth-order valence-electron chi connectivity index (χ4n) is 1.64. The van der Waals surface area contributed by atoms with E-state index in [1.54, 1.807) is 26.8 Å². The normalized spacial score (nSPS) is 13.5. The van der Waals surface area contributed by atoms with Crippen molar-refractivity contribution in [1.29, 1.82) is 5.26 Å². The largest absolute Gasteiger partial charge is 0.478 e. The number of aliphatic carboxylic acids is 1. The Balaban J connectivity index is 3.02. The van der Waals surface area contributed by atoms with Gasteiger partial charge in [-0.2, -0.15) is 5.26 Å². The van der Waals surface area contributed by atoms with Crippen LogP contribution in [0.3, 0.4) is 0 Å². The molecule has 1 unspecified atom stereocenters. The highest BCUT2D eigenvalue weighted by molar-refractivity contribution is 7.94. The molecule has 0 aliphatic rings. The predicted octanol–water partition coefficient (Wildman–Crippen LogP) is 2.38. The van der Waals surface area contributed by atoms with Crippen molar-refractivity contribution in [2.24, 2.45) is 5.41 Å². The summed E-state index contributed by atoms with van der Waals surface area (Å²) in [4.78, 5) is 11.2. The maximum atomic E-state index is 11.8. The van der Waals surface area contributed by atoms with E-state index in [1.807, 2.05) is 0 Å². The van der Waals surface area contributed by atoms with Crippen LogP contribution in [0.15, 0.2) is 40.6 Å². The second-order valence-electron chi connectivity index (χ2n) is 5.65. The fraction of sp³-hybridized carbons (Fsp3) is 0.333. The topological polar surface area (TPSA) is 104 Å². The second kappa shape index (κ2) is 6.62. The van der Waals surface area contributed by atoms with Crippen LogP contribution in [0.4, 0.5) is 0 Å². The van der Waals surface area contributed by atoms with E-state index in [0.717, 1.165) is 11.5 Å². The first-order valence-electron chi connectivity index (χ1n) is 6.39. The van der Waals surface area contributed by atoms with Crippen LogP contribution in [0.1, 0.15) is 20.8 Å². The SMILES string of the molecule is CC(C)(C)C(Oc1ccc(S(=O)(=O)C=CC#N)cc1)C(=O)O. The van der Waals surface area contributed by atoms with Gasteiger partial charge in [-0.1, -0.05) is 20.8 Å². The van der Waals surface area contributed by atoms with Crippen molar-refractivity contribution in [3.8, 4) is 11.8 Å². The van der Waals surface area contributed by atoms with Crippen molar-refractivity contribution in [3.05, 3.63) is 35.7 Å². The molecule has 0 aliphatic carbocycles. The Labute approximate surface area is 129 Å². The summed E-state index contributed by atoms with van der Waals surface area (Å²) in [5.74, 6) is -0.841. The first-order valence-corrected chi connectivity index (χ1v) is 7.93. The minimum absolute atomic E-state index is 0.00557. The predicted molar refractivity (Wildman–Crippen MR) is 79.9 cm³/mol. The van der Waals surface area contributed by atoms with Gasteiger partial charge in [-0.15, -0.1) is 0 Å². The van der Waals surface area contributed by atoms with Gasteiger partial charge in [-0.25, -0.2) is 13.2 Å². The molecular weight excluding hydrogens is 306 g/mol. The van der Waals surface area contributed by atoms with Crippen molar-refractivity contribution < 1.29 is 23.1 Å². The number of hydrogen-bond acceptors (Lipinski definition) is 5. The van der Waals surface area contributed by atoms with Gasteiger partial charge in [0.1, 0.15) is 5.75 Å². The minimum Gasteiger partial charge on any atom is -0.478 e. The van der Waals surface area contributed by atoms with E-state index in [1.165, 1.54) is 24.3 Å². The number of nitriles is 1. The highest BCUT2D eigenvalue weighted by Crippen LogP contribution is 2.26. The average Bonchev–Trinajstić information content (AvgIpc) is 2.41. The summed E-state index contributed by atoms with van der Waals surface area (Å²) in [6.45, 7) is 5.20. The molecule has 0 heterocycles. The molecule has 1 aromatic rings. The fourth-order valence-corrected chi connectivity index (χ4v) is 2.55. The van der Waals surface area contributed by atoms with Crippen molar-refractivity contribution >= 4 is 15.8 Å². The van der Waals surface area contributed by atoms with Crippen molar-refractivity contribution in [2.45, 2.75) is 31.8 Å². The molecule has 0 aliphatic heterocycles. The first kappa shape index (κ1) is 17.7. The van der Waals surface area contributed by atoms with Crippen molar-refractivity contribution in [2.75, 3.05) is 0 Å². The monoisotopic (exact) mass is 323 g/mol. The zero-order valence-electron chi connectivity index (χ0n) is 12.5. The molecule has 0 spiro atoms. The third-order valence-corrected chi connectivity index (χ3v) is 4.16. The summed E-state index contributed by atoms with van der Waals surface area (Å²) in [7, 11) is -3.69. The van der Waals surface area contributed by atoms with Gasteiger partial charge in [0.15, 0.2) is 6.10 Å². The third-order valence-electron chi connectivity index (χ3n) is 2.74. The van der Waals surface area contributed by atoms with Gasteiger partial charge >= 0.3 is 5.97 Å². The number of carboxylic acids is 1. The molecule has 0 bridgehead atoms. The quantitative estimate of drug-likeness (QED) is 0.834.